The summed E-state index contributed by atoms with van der Waals surface area (Å²) >= 11 is 0. The molecule has 3 aromatic rings. The van der Waals surface area contributed by atoms with Crippen LogP contribution in [0.3, 0.4) is 0 Å². The first-order valence-corrected chi connectivity index (χ1v) is 8.19. The summed E-state index contributed by atoms with van der Waals surface area (Å²) < 4.78 is 6.91. The van der Waals surface area contributed by atoms with E-state index in [1.165, 1.54) is 10.9 Å². The van der Waals surface area contributed by atoms with Crippen LogP contribution in [0.25, 0.3) is 11.1 Å². The van der Waals surface area contributed by atoms with Gasteiger partial charge in [-0.15, -0.1) is 0 Å². The molecule has 1 amide bonds. The van der Waals surface area contributed by atoms with Crippen molar-refractivity contribution in [3.05, 3.63) is 57.3 Å². The smallest absolute Gasteiger partial charge is 0.264 e. The maximum absolute atomic E-state index is 12.6. The van der Waals surface area contributed by atoms with Gasteiger partial charge < -0.3 is 9.73 Å². The van der Waals surface area contributed by atoms with Crippen LogP contribution in [0.2, 0.25) is 0 Å². The number of hydrogen-bond donors (Lipinski definition) is 1. The molecule has 0 atom stereocenters. The van der Waals surface area contributed by atoms with Gasteiger partial charge in [-0.2, -0.15) is 0 Å². The average Bonchev–Trinajstić information content (AvgIpc) is 2.86. The molecule has 0 aliphatic heterocycles. The van der Waals surface area contributed by atoms with Crippen molar-refractivity contribution in [1.29, 1.82) is 0 Å². The molecule has 0 fully saturated rings. The summed E-state index contributed by atoms with van der Waals surface area (Å²) in [4.78, 5) is 29.0. The number of nitrogens with one attached hydrogen (secondary N) is 1. The Balaban J connectivity index is 1.77. The minimum Gasteiger partial charge on any atom is -0.443 e. The topological polar surface area (TPSA) is 77.1 Å². The molecule has 2 heterocycles. The van der Waals surface area contributed by atoms with E-state index in [0.717, 1.165) is 22.4 Å². The molecule has 0 aliphatic carbocycles. The predicted octanol–water partition coefficient (Wildman–Crippen LogP) is 3.25. The number of para-hydroxylation sites is 1. The third kappa shape index (κ3) is 3.20. The van der Waals surface area contributed by atoms with Gasteiger partial charge in [-0.05, 0) is 38.8 Å². The molecule has 0 radical (unpaired) electrons. The molecular formula is C19H21N3O3. The highest BCUT2D eigenvalue weighted by molar-refractivity contribution is 5.92. The Kier molecular flexibility index (Phi) is 4.44. The zero-order valence-electron chi connectivity index (χ0n) is 14.8. The van der Waals surface area contributed by atoms with Gasteiger partial charge in [0.15, 0.2) is 0 Å². The van der Waals surface area contributed by atoms with Crippen LogP contribution in [0.1, 0.15) is 28.9 Å². The van der Waals surface area contributed by atoms with Crippen LogP contribution >= 0.6 is 0 Å². The largest absolute Gasteiger partial charge is 0.443 e. The SMILES string of the molecule is Cc1cccc(C)c1NC(=O)CCn1cnc2oc(C)c(C)c2c1=O. The van der Waals surface area contributed by atoms with Crippen molar-refractivity contribution in [2.45, 2.75) is 40.7 Å². The van der Waals surface area contributed by atoms with Crippen molar-refractivity contribution in [1.82, 2.24) is 9.55 Å². The van der Waals surface area contributed by atoms with Crippen LogP contribution in [-0.2, 0) is 11.3 Å². The number of carbonyl (C=O) groups is 1. The summed E-state index contributed by atoms with van der Waals surface area (Å²) in [5.74, 6) is 0.551. The fraction of sp³-hybridized carbons (Fsp3) is 0.316. The lowest BCUT2D eigenvalue weighted by molar-refractivity contribution is -0.116. The van der Waals surface area contributed by atoms with E-state index in [-0.39, 0.29) is 24.4 Å². The second-order valence-electron chi connectivity index (χ2n) is 6.27. The number of anilines is 1. The number of aromatic nitrogens is 2. The van der Waals surface area contributed by atoms with Crippen molar-refractivity contribution >= 4 is 22.7 Å². The Morgan fingerprint density at radius 1 is 1.20 bits per heavy atom. The van der Waals surface area contributed by atoms with Gasteiger partial charge in [-0.25, -0.2) is 4.98 Å². The van der Waals surface area contributed by atoms with Crippen molar-refractivity contribution < 1.29 is 9.21 Å². The maximum Gasteiger partial charge on any atom is 0.264 e. The zero-order valence-corrected chi connectivity index (χ0v) is 14.8. The normalized spacial score (nSPS) is 11.0. The van der Waals surface area contributed by atoms with E-state index in [9.17, 15) is 9.59 Å². The van der Waals surface area contributed by atoms with Gasteiger partial charge in [-0.1, -0.05) is 18.2 Å². The Bertz CT molecular complexity index is 994. The highest BCUT2D eigenvalue weighted by Crippen LogP contribution is 2.20. The lowest BCUT2D eigenvalue weighted by Gasteiger charge is -2.11. The van der Waals surface area contributed by atoms with E-state index in [1.54, 1.807) is 6.92 Å². The van der Waals surface area contributed by atoms with Gasteiger partial charge in [-0.3, -0.25) is 14.2 Å². The first kappa shape index (κ1) is 17.0. The lowest BCUT2D eigenvalue weighted by atomic mass is 10.1. The molecule has 3 rings (SSSR count). The van der Waals surface area contributed by atoms with Gasteiger partial charge in [0.25, 0.3) is 5.56 Å². The van der Waals surface area contributed by atoms with E-state index in [0.29, 0.717) is 16.9 Å². The van der Waals surface area contributed by atoms with Crippen molar-refractivity contribution in [2.24, 2.45) is 0 Å². The van der Waals surface area contributed by atoms with Crippen molar-refractivity contribution in [3.8, 4) is 0 Å². The van der Waals surface area contributed by atoms with Crippen molar-refractivity contribution in [3.63, 3.8) is 0 Å². The molecule has 130 valence electrons. The molecular weight excluding hydrogens is 318 g/mol. The minimum absolute atomic E-state index is 0.135. The molecule has 0 saturated carbocycles. The number of rotatable bonds is 4. The molecule has 0 unspecified atom stereocenters. The van der Waals surface area contributed by atoms with E-state index >= 15 is 0 Å². The summed E-state index contributed by atoms with van der Waals surface area (Å²) in [7, 11) is 0. The third-order valence-electron chi connectivity index (χ3n) is 4.48. The Morgan fingerprint density at radius 3 is 2.56 bits per heavy atom. The molecule has 0 aliphatic rings. The Hall–Kier alpha value is -2.89. The van der Waals surface area contributed by atoms with Crippen LogP contribution in [0, 0.1) is 27.7 Å². The summed E-state index contributed by atoms with van der Waals surface area (Å²) in [5.41, 5.74) is 3.81. The van der Waals surface area contributed by atoms with E-state index in [4.69, 9.17) is 4.42 Å². The van der Waals surface area contributed by atoms with Crippen LogP contribution in [0.5, 0.6) is 0 Å². The predicted molar refractivity (Wildman–Crippen MR) is 96.9 cm³/mol. The van der Waals surface area contributed by atoms with Crippen LogP contribution in [0.4, 0.5) is 5.69 Å². The number of nitrogens with zero attached hydrogens (tertiary/aromatic N) is 2. The number of aryl methyl sites for hydroxylation is 5. The molecule has 6 heteroatoms. The number of carbonyl (C=O) groups excluding carboxylic acids is 1. The highest BCUT2D eigenvalue weighted by atomic mass is 16.3. The van der Waals surface area contributed by atoms with Crippen LogP contribution in [-0.4, -0.2) is 15.5 Å². The van der Waals surface area contributed by atoms with E-state index < -0.39 is 0 Å². The van der Waals surface area contributed by atoms with E-state index in [2.05, 4.69) is 10.3 Å². The first-order valence-electron chi connectivity index (χ1n) is 8.19. The highest BCUT2D eigenvalue weighted by Gasteiger charge is 2.14. The Labute approximate surface area is 145 Å². The summed E-state index contributed by atoms with van der Waals surface area (Å²) in [6.45, 7) is 7.81. The Morgan fingerprint density at radius 2 is 1.88 bits per heavy atom. The molecule has 1 aromatic carbocycles. The molecule has 0 bridgehead atoms. The van der Waals surface area contributed by atoms with E-state index in [1.807, 2.05) is 39.0 Å². The average molecular weight is 339 g/mol. The van der Waals surface area contributed by atoms with Gasteiger partial charge in [0.05, 0.1) is 0 Å². The van der Waals surface area contributed by atoms with Gasteiger partial charge in [0.2, 0.25) is 11.6 Å². The number of hydrogen-bond acceptors (Lipinski definition) is 4. The van der Waals surface area contributed by atoms with Gasteiger partial charge in [0.1, 0.15) is 17.5 Å². The molecule has 0 saturated heterocycles. The summed E-state index contributed by atoms with van der Waals surface area (Å²) in [5, 5.41) is 3.41. The molecule has 1 N–H and O–H groups in total. The number of fused-ring (bicyclic) bond motifs is 1. The summed E-state index contributed by atoms with van der Waals surface area (Å²) in [6.07, 6.45) is 1.62. The van der Waals surface area contributed by atoms with Gasteiger partial charge >= 0.3 is 0 Å². The maximum atomic E-state index is 12.6. The van der Waals surface area contributed by atoms with Crippen LogP contribution in [0.15, 0.2) is 33.7 Å². The summed E-state index contributed by atoms with van der Waals surface area (Å²) in [6, 6.07) is 5.86. The standard InChI is InChI=1S/C19H21N3O3/c1-11-6-5-7-12(2)17(11)21-15(23)8-9-22-10-20-18-16(19(22)24)13(3)14(4)25-18/h5-7,10H,8-9H2,1-4H3,(H,21,23). The fourth-order valence-electron chi connectivity index (χ4n) is 2.86. The molecule has 0 spiro atoms. The number of amides is 1. The van der Waals surface area contributed by atoms with Gasteiger partial charge in [0, 0.05) is 24.2 Å². The molecule has 6 nitrogen and oxygen atoms in total. The minimum atomic E-state index is -0.181. The fourth-order valence-corrected chi connectivity index (χ4v) is 2.86. The lowest BCUT2D eigenvalue weighted by Crippen LogP contribution is -2.24. The number of benzene rings is 1. The monoisotopic (exact) mass is 339 g/mol. The quantitative estimate of drug-likeness (QED) is 0.791. The third-order valence-corrected chi connectivity index (χ3v) is 4.48. The molecule has 2 aromatic heterocycles. The second kappa shape index (κ2) is 6.55. The number of furan rings is 1. The van der Waals surface area contributed by atoms with Crippen molar-refractivity contribution in [2.75, 3.05) is 5.32 Å². The zero-order chi connectivity index (χ0) is 18.1. The first-order chi connectivity index (χ1) is 11.9. The second-order valence-corrected chi connectivity index (χ2v) is 6.27. The van der Waals surface area contributed by atoms with Crippen LogP contribution < -0.4 is 10.9 Å². The molecule has 25 heavy (non-hydrogen) atoms.